The molecule has 0 aromatic heterocycles. The van der Waals surface area contributed by atoms with Gasteiger partial charge in [-0.15, -0.1) is 0 Å². The Hall–Kier alpha value is -1.98. The molecule has 1 aromatic rings. The van der Waals surface area contributed by atoms with Crippen LogP contribution in [0.15, 0.2) is 18.2 Å². The predicted octanol–water partition coefficient (Wildman–Crippen LogP) is 2.37. The van der Waals surface area contributed by atoms with Crippen LogP contribution in [0.5, 0.6) is 0 Å². The molecule has 2 atom stereocenters. The van der Waals surface area contributed by atoms with Crippen molar-refractivity contribution < 1.29 is 18.4 Å². The zero-order valence-electron chi connectivity index (χ0n) is 12.0. The second-order valence-electron chi connectivity index (χ2n) is 5.08. The highest BCUT2D eigenvalue weighted by molar-refractivity contribution is 6.08. The number of nitrogens with zero attached hydrogens (tertiary/aromatic N) is 1. The van der Waals surface area contributed by atoms with Crippen molar-refractivity contribution in [2.45, 2.75) is 45.2 Å². The van der Waals surface area contributed by atoms with Crippen LogP contribution in [0.1, 0.15) is 33.1 Å². The molecule has 0 saturated carbocycles. The van der Waals surface area contributed by atoms with Gasteiger partial charge in [-0.05, 0) is 25.0 Å². The Labute approximate surface area is 122 Å². The molecule has 1 aliphatic heterocycles. The van der Waals surface area contributed by atoms with E-state index in [1.54, 1.807) is 6.92 Å². The first-order chi connectivity index (χ1) is 9.99. The summed E-state index contributed by atoms with van der Waals surface area (Å²) in [6.07, 6.45) is 1.49. The van der Waals surface area contributed by atoms with Gasteiger partial charge in [-0.1, -0.05) is 20.3 Å². The van der Waals surface area contributed by atoms with Gasteiger partial charge in [0.05, 0.1) is 5.69 Å². The molecule has 2 amide bonds. The molecule has 114 valence electrons. The van der Waals surface area contributed by atoms with Crippen molar-refractivity contribution in [3.05, 3.63) is 29.8 Å². The van der Waals surface area contributed by atoms with E-state index in [2.05, 4.69) is 5.32 Å². The average molecular weight is 296 g/mol. The summed E-state index contributed by atoms with van der Waals surface area (Å²) in [5.41, 5.74) is -0.178. The van der Waals surface area contributed by atoms with Gasteiger partial charge >= 0.3 is 0 Å². The normalized spacial score (nSPS) is 22.4. The maximum absolute atomic E-state index is 14.0. The van der Waals surface area contributed by atoms with Gasteiger partial charge < -0.3 is 5.32 Å². The number of halogens is 2. The minimum atomic E-state index is -0.818. The SMILES string of the molecule is CCCC1NC(=O)C(CC)N(c2cc(F)ccc2F)C1=O. The number of carbonyl (C=O) groups excluding carboxylic acids is 2. The van der Waals surface area contributed by atoms with Crippen LogP contribution in [0, 0.1) is 11.6 Å². The minimum Gasteiger partial charge on any atom is -0.342 e. The van der Waals surface area contributed by atoms with E-state index in [-0.39, 0.29) is 11.6 Å². The number of hydrogen-bond acceptors (Lipinski definition) is 2. The third kappa shape index (κ3) is 2.89. The number of piperazine rings is 1. The highest BCUT2D eigenvalue weighted by Crippen LogP contribution is 2.27. The summed E-state index contributed by atoms with van der Waals surface area (Å²) in [4.78, 5) is 25.7. The van der Waals surface area contributed by atoms with Crippen molar-refractivity contribution >= 4 is 17.5 Å². The maximum atomic E-state index is 14.0. The van der Waals surface area contributed by atoms with Crippen LogP contribution < -0.4 is 10.2 Å². The second kappa shape index (κ2) is 6.20. The van der Waals surface area contributed by atoms with Gasteiger partial charge in [0.1, 0.15) is 23.7 Å². The molecule has 1 fully saturated rings. The van der Waals surface area contributed by atoms with Gasteiger partial charge in [-0.2, -0.15) is 0 Å². The third-order valence-electron chi connectivity index (χ3n) is 3.60. The molecule has 2 rings (SSSR count). The standard InChI is InChI=1S/C15H18F2N2O2/c1-3-5-11-15(21)19(12(4-2)14(20)18-11)13-8-9(16)6-7-10(13)17/h6-8,11-12H,3-5H2,1-2H3,(H,18,20). The summed E-state index contributed by atoms with van der Waals surface area (Å²) in [5, 5.41) is 2.66. The first-order valence-corrected chi connectivity index (χ1v) is 7.08. The van der Waals surface area contributed by atoms with E-state index in [0.717, 1.165) is 23.1 Å². The van der Waals surface area contributed by atoms with Crippen LogP contribution in [0.25, 0.3) is 0 Å². The van der Waals surface area contributed by atoms with Crippen molar-refractivity contribution in [1.82, 2.24) is 5.32 Å². The molecule has 4 nitrogen and oxygen atoms in total. The molecule has 21 heavy (non-hydrogen) atoms. The van der Waals surface area contributed by atoms with E-state index in [1.807, 2.05) is 6.92 Å². The molecule has 6 heteroatoms. The van der Waals surface area contributed by atoms with Crippen molar-refractivity contribution in [2.75, 3.05) is 4.90 Å². The Kier molecular flexibility index (Phi) is 4.55. The van der Waals surface area contributed by atoms with E-state index in [4.69, 9.17) is 0 Å². The molecule has 1 aromatic carbocycles. The number of anilines is 1. The monoisotopic (exact) mass is 296 g/mol. The Morgan fingerprint density at radius 2 is 1.95 bits per heavy atom. The Balaban J connectivity index is 2.46. The number of carbonyl (C=O) groups is 2. The fourth-order valence-corrected chi connectivity index (χ4v) is 2.58. The number of amides is 2. The molecule has 0 aliphatic carbocycles. The average Bonchev–Trinajstić information content (AvgIpc) is 2.45. The number of benzene rings is 1. The fourth-order valence-electron chi connectivity index (χ4n) is 2.58. The lowest BCUT2D eigenvalue weighted by molar-refractivity contribution is -0.134. The topological polar surface area (TPSA) is 49.4 Å². The van der Waals surface area contributed by atoms with Crippen LogP contribution in [0.3, 0.4) is 0 Å². The van der Waals surface area contributed by atoms with Crippen molar-refractivity contribution in [3.8, 4) is 0 Å². The maximum Gasteiger partial charge on any atom is 0.250 e. The summed E-state index contributed by atoms with van der Waals surface area (Å²) in [5.74, 6) is -2.09. The van der Waals surface area contributed by atoms with Gasteiger partial charge in [0, 0.05) is 6.07 Å². The molecule has 1 aliphatic rings. The first kappa shape index (κ1) is 15.4. The Morgan fingerprint density at radius 3 is 2.57 bits per heavy atom. The zero-order chi connectivity index (χ0) is 15.6. The molecule has 1 heterocycles. The van der Waals surface area contributed by atoms with Crippen molar-refractivity contribution in [3.63, 3.8) is 0 Å². The number of nitrogens with one attached hydrogen (secondary N) is 1. The quantitative estimate of drug-likeness (QED) is 0.927. The zero-order valence-corrected chi connectivity index (χ0v) is 12.0. The van der Waals surface area contributed by atoms with Crippen molar-refractivity contribution in [1.29, 1.82) is 0 Å². The lowest BCUT2D eigenvalue weighted by Gasteiger charge is -2.38. The number of hydrogen-bond donors (Lipinski definition) is 1. The molecular weight excluding hydrogens is 278 g/mol. The molecule has 1 saturated heterocycles. The molecule has 0 bridgehead atoms. The van der Waals surface area contributed by atoms with Crippen LogP contribution in [0.4, 0.5) is 14.5 Å². The number of rotatable bonds is 4. The van der Waals surface area contributed by atoms with E-state index in [9.17, 15) is 18.4 Å². The smallest absolute Gasteiger partial charge is 0.250 e. The van der Waals surface area contributed by atoms with Crippen LogP contribution in [-0.2, 0) is 9.59 Å². The highest BCUT2D eigenvalue weighted by Gasteiger charge is 2.41. The van der Waals surface area contributed by atoms with E-state index >= 15 is 0 Å². The lowest BCUT2D eigenvalue weighted by Crippen LogP contribution is -2.63. The largest absolute Gasteiger partial charge is 0.342 e. The van der Waals surface area contributed by atoms with Gasteiger partial charge in [0.15, 0.2) is 0 Å². The van der Waals surface area contributed by atoms with Crippen LogP contribution >= 0.6 is 0 Å². The summed E-state index contributed by atoms with van der Waals surface area (Å²) in [6.45, 7) is 3.61. The van der Waals surface area contributed by atoms with E-state index < -0.39 is 29.6 Å². The molecule has 1 N–H and O–H groups in total. The van der Waals surface area contributed by atoms with E-state index in [0.29, 0.717) is 19.3 Å². The highest BCUT2D eigenvalue weighted by atomic mass is 19.1. The molecular formula is C15H18F2N2O2. The van der Waals surface area contributed by atoms with Gasteiger partial charge in [0.25, 0.3) is 0 Å². The van der Waals surface area contributed by atoms with Crippen LogP contribution in [-0.4, -0.2) is 23.9 Å². The van der Waals surface area contributed by atoms with E-state index in [1.165, 1.54) is 0 Å². The van der Waals surface area contributed by atoms with Crippen LogP contribution in [0.2, 0.25) is 0 Å². The minimum absolute atomic E-state index is 0.178. The van der Waals surface area contributed by atoms with Gasteiger partial charge in [0.2, 0.25) is 11.8 Å². The first-order valence-electron chi connectivity index (χ1n) is 7.08. The van der Waals surface area contributed by atoms with Gasteiger partial charge in [-0.25, -0.2) is 8.78 Å². The molecule has 0 spiro atoms. The summed E-state index contributed by atoms with van der Waals surface area (Å²) in [6, 6.07) is 1.40. The lowest BCUT2D eigenvalue weighted by atomic mass is 10.0. The summed E-state index contributed by atoms with van der Waals surface area (Å²) in [7, 11) is 0. The third-order valence-corrected chi connectivity index (χ3v) is 3.60. The van der Waals surface area contributed by atoms with Gasteiger partial charge in [-0.3, -0.25) is 14.5 Å². The molecule has 0 radical (unpaired) electrons. The molecule has 2 unspecified atom stereocenters. The predicted molar refractivity (Wildman–Crippen MR) is 74.8 cm³/mol. The second-order valence-corrected chi connectivity index (χ2v) is 5.08. The van der Waals surface area contributed by atoms with Crippen molar-refractivity contribution in [2.24, 2.45) is 0 Å². The Bertz CT molecular complexity index is 563. The fraction of sp³-hybridized carbons (Fsp3) is 0.467. The summed E-state index contributed by atoms with van der Waals surface area (Å²) >= 11 is 0. The summed E-state index contributed by atoms with van der Waals surface area (Å²) < 4.78 is 27.4. The Morgan fingerprint density at radius 1 is 1.24 bits per heavy atom.